The summed E-state index contributed by atoms with van der Waals surface area (Å²) in [6.45, 7) is 43.0. The summed E-state index contributed by atoms with van der Waals surface area (Å²) in [7, 11) is 1.31. The van der Waals surface area contributed by atoms with Crippen molar-refractivity contribution in [2.75, 3.05) is 13.7 Å². The highest BCUT2D eigenvalue weighted by Crippen LogP contribution is 2.45. The average Bonchev–Trinajstić information content (AvgIpc) is 0.843. The predicted octanol–water partition coefficient (Wildman–Crippen LogP) is 19.6. The van der Waals surface area contributed by atoms with Crippen molar-refractivity contribution in [1.82, 2.24) is 0 Å². The Bertz CT molecular complexity index is 2840. The van der Waals surface area contributed by atoms with Crippen LogP contribution in [0.4, 0.5) is 31.1 Å². The SMILES string of the molecule is CCC(C)(C)C(=O)Oc1ccc(OCC(=O)OC(C)(C)C)cc1.CCC(C)(C)Oc1ccc(OC(=O)C(C)(C)CC)cc1.CCC(C)(C)c1ccc(C(C)(OC(=O)OC(C)(C)C)C(F)(F)F)cc1.CCC(C)(C)c1ccc(C(C)(OC(C)OC)C(F)(F)F)cc1. The highest BCUT2D eigenvalue weighted by atomic mass is 19.4. The van der Waals surface area contributed by atoms with Gasteiger partial charge in [-0.25, -0.2) is 9.59 Å². The van der Waals surface area contributed by atoms with E-state index in [1.54, 1.807) is 102 Å². The second-order valence-corrected chi connectivity index (χ2v) is 27.5. The molecule has 0 saturated heterocycles. The molecule has 0 aliphatic carbocycles. The number of hydrogen-bond donors (Lipinski definition) is 0. The lowest BCUT2D eigenvalue weighted by Crippen LogP contribution is -2.44. The molecule has 13 nitrogen and oxygen atoms in total. The van der Waals surface area contributed by atoms with Gasteiger partial charge in [0.1, 0.15) is 39.8 Å². The third kappa shape index (κ3) is 26.1. The summed E-state index contributed by atoms with van der Waals surface area (Å²) in [6, 6.07) is 26.2. The number of ether oxygens (including phenoxy) is 9. The molecule has 90 heavy (non-hydrogen) atoms. The molecule has 0 aliphatic heterocycles. The fourth-order valence-corrected chi connectivity index (χ4v) is 7.15. The lowest BCUT2D eigenvalue weighted by molar-refractivity contribution is -0.317. The zero-order valence-electron chi connectivity index (χ0n) is 58.1. The second-order valence-electron chi connectivity index (χ2n) is 27.5. The Morgan fingerprint density at radius 2 is 0.744 bits per heavy atom. The molecule has 0 bridgehead atoms. The first-order valence-electron chi connectivity index (χ1n) is 30.5. The maximum atomic E-state index is 13.7. The first-order chi connectivity index (χ1) is 40.8. The molecule has 0 heterocycles. The molecule has 19 heteroatoms. The standard InChI is InChI=1S/C19H27F3O3.C18H26O5.C17H25F3O2.C17H26O3/c1-8-17(5,6)13-9-11-14(12-10-13)18(7,19(20,21)22)25-15(23)24-16(2,3)4;1-7-18(5,6)16(20)22-14-10-8-13(9-11-14)21-12-15(19)23-17(2,3)4;1-7-15(3,4)13-8-10-14(11-9-13)16(5,17(18,19)20)22-12(2)21-6;1-7-16(3,4)15(18)19-13-9-11-14(12-10-13)20-17(5,6)8-2/h9-12H,8H2,1-7H3;8-11H,7,12H2,1-6H3;8-12H,7H2,1-6H3;9-12H,7-8H2,1-6H3. The summed E-state index contributed by atoms with van der Waals surface area (Å²) >= 11 is 0. The molecule has 0 saturated carbocycles. The first-order valence-corrected chi connectivity index (χ1v) is 30.5. The maximum absolute atomic E-state index is 13.7. The van der Waals surface area contributed by atoms with Gasteiger partial charge >= 0.3 is 36.4 Å². The Balaban J connectivity index is 0.000000602. The summed E-state index contributed by atoms with van der Waals surface area (Å²) in [6.07, 6.45) is -7.52. The van der Waals surface area contributed by atoms with Gasteiger partial charge in [0.05, 0.1) is 10.8 Å². The molecule has 3 unspecified atom stereocenters. The number of carbonyl (C=O) groups excluding carboxylic acids is 4. The summed E-state index contributed by atoms with van der Waals surface area (Å²) in [5, 5.41) is 0. The lowest BCUT2D eigenvalue weighted by Gasteiger charge is -2.35. The molecule has 0 aromatic heterocycles. The van der Waals surface area contributed by atoms with Crippen LogP contribution in [0.2, 0.25) is 0 Å². The van der Waals surface area contributed by atoms with Gasteiger partial charge in [0.25, 0.3) is 0 Å². The van der Waals surface area contributed by atoms with E-state index >= 15 is 0 Å². The quantitative estimate of drug-likeness (QED) is 0.0318. The molecule has 0 aliphatic rings. The Kier molecular flexibility index (Phi) is 29.8. The number of carbonyl (C=O) groups is 4. The molecule has 0 amide bonds. The van der Waals surface area contributed by atoms with Crippen molar-refractivity contribution >= 4 is 24.1 Å². The van der Waals surface area contributed by atoms with Crippen LogP contribution in [0.5, 0.6) is 23.0 Å². The van der Waals surface area contributed by atoms with Gasteiger partial charge < -0.3 is 42.6 Å². The van der Waals surface area contributed by atoms with Gasteiger partial charge in [-0.05, 0) is 212 Å². The van der Waals surface area contributed by atoms with Crippen LogP contribution in [0.15, 0.2) is 97.1 Å². The highest BCUT2D eigenvalue weighted by molar-refractivity contribution is 5.79. The summed E-state index contributed by atoms with van der Waals surface area (Å²) < 4.78 is 128. The maximum Gasteiger partial charge on any atom is 0.510 e. The average molecular weight is 1280 g/mol. The molecule has 508 valence electrons. The zero-order valence-corrected chi connectivity index (χ0v) is 58.1. The van der Waals surface area contributed by atoms with E-state index in [9.17, 15) is 45.5 Å². The van der Waals surface area contributed by atoms with E-state index in [-0.39, 0.29) is 46.1 Å². The highest BCUT2D eigenvalue weighted by Gasteiger charge is 2.57. The Morgan fingerprint density at radius 1 is 0.411 bits per heavy atom. The number of hydrogen-bond acceptors (Lipinski definition) is 13. The number of halogens is 6. The van der Waals surface area contributed by atoms with Crippen molar-refractivity contribution in [2.24, 2.45) is 10.8 Å². The molecule has 0 fully saturated rings. The van der Waals surface area contributed by atoms with E-state index in [1.807, 2.05) is 88.3 Å². The van der Waals surface area contributed by atoms with Crippen molar-refractivity contribution in [3.05, 3.63) is 119 Å². The van der Waals surface area contributed by atoms with Crippen molar-refractivity contribution in [3.8, 4) is 23.0 Å². The van der Waals surface area contributed by atoms with Gasteiger partial charge in [-0.3, -0.25) is 9.59 Å². The van der Waals surface area contributed by atoms with Crippen LogP contribution in [0.25, 0.3) is 0 Å². The van der Waals surface area contributed by atoms with Crippen LogP contribution >= 0.6 is 0 Å². The minimum Gasteiger partial charge on any atom is -0.488 e. The molecule has 0 radical (unpaired) electrons. The number of alkyl halides is 6. The van der Waals surface area contributed by atoms with Gasteiger partial charge in [-0.2, -0.15) is 26.3 Å². The third-order valence-electron chi connectivity index (χ3n) is 15.7. The third-order valence-corrected chi connectivity index (χ3v) is 15.7. The normalized spacial score (nSPS) is 14.2. The topological polar surface area (TPSA) is 151 Å². The number of rotatable bonds is 22. The Morgan fingerprint density at radius 3 is 1.06 bits per heavy atom. The van der Waals surface area contributed by atoms with Crippen molar-refractivity contribution in [1.29, 1.82) is 0 Å². The molecule has 4 rings (SSSR count). The van der Waals surface area contributed by atoms with Crippen LogP contribution in [0, 0.1) is 10.8 Å². The van der Waals surface area contributed by atoms with E-state index in [2.05, 4.69) is 27.7 Å². The lowest BCUT2D eigenvalue weighted by atomic mass is 9.81. The monoisotopic (exact) mass is 1280 g/mol. The number of esters is 3. The van der Waals surface area contributed by atoms with Gasteiger partial charge in [0.2, 0.25) is 5.60 Å². The second kappa shape index (κ2) is 32.8. The Hall–Kier alpha value is -6.34. The molecule has 0 spiro atoms. The molecular weight excluding hydrogens is 1170 g/mol. The van der Waals surface area contributed by atoms with Crippen molar-refractivity contribution in [3.63, 3.8) is 0 Å². The summed E-state index contributed by atoms with van der Waals surface area (Å²) in [4.78, 5) is 47.3. The van der Waals surface area contributed by atoms with Crippen LogP contribution < -0.4 is 18.9 Å². The number of methoxy groups -OCH3 is 1. The smallest absolute Gasteiger partial charge is 0.488 e. The van der Waals surface area contributed by atoms with Gasteiger partial charge in [0, 0.05) is 12.7 Å². The molecule has 4 aromatic carbocycles. The van der Waals surface area contributed by atoms with E-state index in [1.165, 1.54) is 38.3 Å². The van der Waals surface area contributed by atoms with E-state index in [0.717, 1.165) is 56.4 Å². The van der Waals surface area contributed by atoms with Crippen LogP contribution in [-0.2, 0) is 60.1 Å². The molecule has 3 atom stereocenters. The minimum atomic E-state index is -4.79. The van der Waals surface area contributed by atoms with Gasteiger partial charge in [-0.1, -0.05) is 111 Å². The van der Waals surface area contributed by atoms with E-state index in [0.29, 0.717) is 23.7 Å². The van der Waals surface area contributed by atoms with Crippen LogP contribution in [0.1, 0.15) is 221 Å². The van der Waals surface area contributed by atoms with E-state index < -0.39 is 64.0 Å². The summed E-state index contributed by atoms with van der Waals surface area (Å²) in [5.41, 5.74) is -6.24. The van der Waals surface area contributed by atoms with Gasteiger partial charge in [-0.15, -0.1) is 0 Å². The van der Waals surface area contributed by atoms with Crippen LogP contribution in [-0.4, -0.2) is 73.2 Å². The number of benzene rings is 4. The van der Waals surface area contributed by atoms with Gasteiger partial charge in [0.15, 0.2) is 18.5 Å². The fourth-order valence-electron chi connectivity index (χ4n) is 7.15. The predicted molar refractivity (Wildman–Crippen MR) is 340 cm³/mol. The minimum absolute atomic E-state index is 0.0690. The molecule has 0 N–H and O–H groups in total. The van der Waals surface area contributed by atoms with E-state index in [4.69, 9.17) is 42.6 Å². The Labute approximate surface area is 532 Å². The first kappa shape index (κ1) is 81.7. The molecular formula is C71H104F6O13. The summed E-state index contributed by atoms with van der Waals surface area (Å²) in [5.74, 6) is 1.37. The van der Waals surface area contributed by atoms with Crippen LogP contribution in [0.3, 0.4) is 0 Å². The van der Waals surface area contributed by atoms with Crippen molar-refractivity contribution in [2.45, 2.75) is 256 Å². The van der Waals surface area contributed by atoms with Crippen molar-refractivity contribution < 1.29 is 88.2 Å². The fraction of sp³-hybridized carbons (Fsp3) is 0.606. The zero-order chi connectivity index (χ0) is 69.9. The largest absolute Gasteiger partial charge is 0.510 e. The molecule has 4 aromatic rings.